The van der Waals surface area contributed by atoms with E-state index >= 15 is 0 Å². The van der Waals surface area contributed by atoms with Gasteiger partial charge in [0.25, 0.3) is 0 Å². The summed E-state index contributed by atoms with van der Waals surface area (Å²) >= 11 is 3.27. The van der Waals surface area contributed by atoms with Crippen molar-refractivity contribution in [3.05, 3.63) is 40.6 Å². The number of methoxy groups -OCH3 is 1. The first-order chi connectivity index (χ1) is 9.92. The molecule has 0 unspecified atom stereocenters. The van der Waals surface area contributed by atoms with E-state index in [9.17, 15) is 8.42 Å². The van der Waals surface area contributed by atoms with Crippen LogP contribution in [0.2, 0.25) is 0 Å². The first kappa shape index (κ1) is 16.0. The number of nitrogens with one attached hydrogen (secondary N) is 1. The second-order valence-corrected chi connectivity index (χ2v) is 7.07. The fourth-order valence-electron chi connectivity index (χ4n) is 1.85. The van der Waals surface area contributed by atoms with Gasteiger partial charge in [-0.2, -0.15) is 5.10 Å². The summed E-state index contributed by atoms with van der Waals surface area (Å²) < 4.78 is 34.7. The van der Waals surface area contributed by atoms with Crippen LogP contribution >= 0.6 is 15.9 Å². The third-order valence-electron chi connectivity index (χ3n) is 2.86. The van der Waals surface area contributed by atoms with Crippen molar-refractivity contribution in [3.63, 3.8) is 0 Å². The summed E-state index contributed by atoms with van der Waals surface area (Å²) in [4.78, 5) is 0.111. The zero-order valence-corrected chi connectivity index (χ0v) is 14.1. The van der Waals surface area contributed by atoms with Crippen LogP contribution in [-0.4, -0.2) is 31.9 Å². The number of aryl methyl sites for hydroxylation is 1. The lowest BCUT2D eigenvalue weighted by molar-refractivity contribution is 0.402. The van der Waals surface area contributed by atoms with Crippen LogP contribution in [-0.2, 0) is 23.5 Å². The van der Waals surface area contributed by atoms with Gasteiger partial charge in [0.1, 0.15) is 10.6 Å². The van der Waals surface area contributed by atoms with Crippen LogP contribution in [0.1, 0.15) is 5.69 Å². The standard InChI is InChI=1S/C13H16BrN3O3S/c1-17-8-6-11(16-17)5-7-15-21(18,19)13-9-10(14)3-4-12(13)20-2/h3-4,6,8-9,15H,5,7H2,1-2H3. The first-order valence-corrected chi connectivity index (χ1v) is 8.52. The van der Waals surface area contributed by atoms with Gasteiger partial charge >= 0.3 is 0 Å². The largest absolute Gasteiger partial charge is 0.495 e. The Bertz CT molecular complexity index is 728. The molecule has 2 aromatic rings. The van der Waals surface area contributed by atoms with Crippen LogP contribution in [0, 0.1) is 0 Å². The highest BCUT2D eigenvalue weighted by molar-refractivity contribution is 9.10. The van der Waals surface area contributed by atoms with Crippen LogP contribution in [0.15, 0.2) is 39.8 Å². The Labute approximate surface area is 132 Å². The number of nitrogens with zero attached hydrogens (tertiary/aromatic N) is 2. The van der Waals surface area contributed by atoms with Crippen molar-refractivity contribution in [1.29, 1.82) is 0 Å². The number of hydrogen-bond acceptors (Lipinski definition) is 4. The fraction of sp³-hybridized carbons (Fsp3) is 0.308. The molecule has 1 N–H and O–H groups in total. The number of hydrogen-bond donors (Lipinski definition) is 1. The summed E-state index contributed by atoms with van der Waals surface area (Å²) in [6, 6.07) is 6.71. The maximum absolute atomic E-state index is 12.3. The molecule has 0 amide bonds. The quantitative estimate of drug-likeness (QED) is 0.836. The number of aromatic nitrogens is 2. The summed E-state index contributed by atoms with van der Waals surface area (Å²) in [6.45, 7) is 0.273. The van der Waals surface area contributed by atoms with Crippen molar-refractivity contribution in [1.82, 2.24) is 14.5 Å². The van der Waals surface area contributed by atoms with E-state index in [4.69, 9.17) is 4.74 Å². The molecule has 8 heteroatoms. The van der Waals surface area contributed by atoms with Crippen molar-refractivity contribution >= 4 is 26.0 Å². The molecule has 114 valence electrons. The molecule has 0 saturated heterocycles. The van der Waals surface area contributed by atoms with Gasteiger partial charge in [0.15, 0.2) is 0 Å². The zero-order valence-electron chi connectivity index (χ0n) is 11.7. The average molecular weight is 374 g/mol. The Morgan fingerprint density at radius 3 is 2.76 bits per heavy atom. The molecule has 1 heterocycles. The van der Waals surface area contributed by atoms with Gasteiger partial charge in [-0.15, -0.1) is 0 Å². The van der Waals surface area contributed by atoms with E-state index in [1.54, 1.807) is 16.8 Å². The van der Waals surface area contributed by atoms with Gasteiger partial charge in [-0.05, 0) is 24.3 Å². The molecular formula is C13H16BrN3O3S. The van der Waals surface area contributed by atoms with Crippen molar-refractivity contribution in [3.8, 4) is 5.75 Å². The van der Waals surface area contributed by atoms with Crippen LogP contribution in [0.5, 0.6) is 5.75 Å². The first-order valence-electron chi connectivity index (χ1n) is 6.24. The van der Waals surface area contributed by atoms with Gasteiger partial charge in [0.2, 0.25) is 10.0 Å². The van der Waals surface area contributed by atoms with Gasteiger partial charge in [0, 0.05) is 30.7 Å². The summed E-state index contributed by atoms with van der Waals surface area (Å²) in [7, 11) is -0.368. The highest BCUT2D eigenvalue weighted by atomic mass is 79.9. The smallest absolute Gasteiger partial charge is 0.244 e. The van der Waals surface area contributed by atoms with E-state index < -0.39 is 10.0 Å². The molecule has 0 aliphatic rings. The van der Waals surface area contributed by atoms with Crippen molar-refractivity contribution < 1.29 is 13.2 Å². The predicted molar refractivity (Wildman–Crippen MR) is 82.8 cm³/mol. The van der Waals surface area contributed by atoms with Crippen LogP contribution in [0.3, 0.4) is 0 Å². The maximum atomic E-state index is 12.3. The highest BCUT2D eigenvalue weighted by Gasteiger charge is 2.19. The van der Waals surface area contributed by atoms with Gasteiger partial charge in [0.05, 0.1) is 12.8 Å². The molecule has 2 rings (SSSR count). The molecule has 0 radical (unpaired) electrons. The lowest BCUT2D eigenvalue weighted by Gasteiger charge is -2.10. The molecular weight excluding hydrogens is 358 g/mol. The summed E-state index contributed by atoms with van der Waals surface area (Å²) in [5.41, 5.74) is 0.835. The van der Waals surface area contributed by atoms with E-state index in [0.29, 0.717) is 16.6 Å². The number of halogens is 1. The van der Waals surface area contributed by atoms with E-state index in [-0.39, 0.29) is 11.4 Å². The molecule has 0 spiro atoms. The highest BCUT2D eigenvalue weighted by Crippen LogP contribution is 2.26. The third kappa shape index (κ3) is 4.05. The van der Waals surface area contributed by atoms with Crippen molar-refractivity contribution in [2.45, 2.75) is 11.3 Å². The minimum atomic E-state index is -3.63. The molecule has 0 fully saturated rings. The molecule has 6 nitrogen and oxygen atoms in total. The van der Waals surface area contributed by atoms with Crippen LogP contribution in [0.25, 0.3) is 0 Å². The van der Waals surface area contributed by atoms with Crippen molar-refractivity contribution in [2.24, 2.45) is 7.05 Å². The lowest BCUT2D eigenvalue weighted by atomic mass is 10.3. The topological polar surface area (TPSA) is 73.2 Å². The summed E-state index contributed by atoms with van der Waals surface area (Å²) in [5.74, 6) is 0.309. The second-order valence-electron chi connectivity index (χ2n) is 4.42. The monoisotopic (exact) mass is 373 g/mol. The molecule has 0 atom stereocenters. The van der Waals surface area contributed by atoms with E-state index in [0.717, 1.165) is 5.69 Å². The van der Waals surface area contributed by atoms with E-state index in [1.165, 1.54) is 13.2 Å². The van der Waals surface area contributed by atoms with Gasteiger partial charge in [-0.1, -0.05) is 15.9 Å². The van der Waals surface area contributed by atoms with Gasteiger partial charge in [-0.25, -0.2) is 13.1 Å². The van der Waals surface area contributed by atoms with Gasteiger partial charge in [-0.3, -0.25) is 4.68 Å². The molecule has 1 aromatic heterocycles. The number of sulfonamides is 1. The van der Waals surface area contributed by atoms with Gasteiger partial charge < -0.3 is 4.74 Å². The minimum absolute atomic E-state index is 0.111. The Balaban J connectivity index is 2.09. The summed E-state index contributed by atoms with van der Waals surface area (Å²) in [5, 5.41) is 4.20. The SMILES string of the molecule is COc1ccc(Br)cc1S(=O)(=O)NCCc1ccn(C)n1. The minimum Gasteiger partial charge on any atom is -0.495 e. The Morgan fingerprint density at radius 2 is 2.14 bits per heavy atom. The number of ether oxygens (including phenoxy) is 1. The van der Waals surface area contributed by atoms with Crippen LogP contribution in [0.4, 0.5) is 0 Å². The van der Waals surface area contributed by atoms with E-state index in [2.05, 4.69) is 25.8 Å². The normalized spacial score (nSPS) is 11.6. The Kier molecular flexibility index (Phi) is 5.02. The molecule has 21 heavy (non-hydrogen) atoms. The zero-order chi connectivity index (χ0) is 15.5. The molecule has 0 bridgehead atoms. The third-order valence-corrected chi connectivity index (χ3v) is 4.83. The molecule has 1 aromatic carbocycles. The Morgan fingerprint density at radius 1 is 1.38 bits per heavy atom. The predicted octanol–water partition coefficient (Wildman–Crippen LogP) is 1.71. The van der Waals surface area contributed by atoms with Crippen molar-refractivity contribution in [2.75, 3.05) is 13.7 Å². The Hall–Kier alpha value is -1.38. The van der Waals surface area contributed by atoms with E-state index in [1.807, 2.05) is 19.3 Å². The number of rotatable bonds is 6. The second kappa shape index (κ2) is 6.59. The average Bonchev–Trinajstić information content (AvgIpc) is 2.84. The van der Waals surface area contributed by atoms with Crippen LogP contribution < -0.4 is 9.46 Å². The molecule has 0 saturated carbocycles. The maximum Gasteiger partial charge on any atom is 0.244 e. The summed E-state index contributed by atoms with van der Waals surface area (Å²) in [6.07, 6.45) is 2.34. The molecule has 0 aliphatic heterocycles. The lowest BCUT2D eigenvalue weighted by Crippen LogP contribution is -2.26. The molecule has 0 aliphatic carbocycles. The fourth-order valence-corrected chi connectivity index (χ4v) is 3.59. The number of benzene rings is 1.